The van der Waals surface area contributed by atoms with Crippen LogP contribution in [0.25, 0.3) is 21.9 Å². The van der Waals surface area contributed by atoms with E-state index in [2.05, 4.69) is 77.1 Å². The Balaban J connectivity index is 1.49. The minimum atomic E-state index is -0.505. The summed E-state index contributed by atoms with van der Waals surface area (Å²) in [5.74, 6) is 1.66. The number of ether oxygens (including phenoxy) is 2. The van der Waals surface area contributed by atoms with E-state index in [9.17, 15) is 4.79 Å². The second kappa shape index (κ2) is 10.2. The van der Waals surface area contributed by atoms with Crippen molar-refractivity contribution in [2.45, 2.75) is 39.7 Å². The van der Waals surface area contributed by atoms with E-state index >= 15 is 0 Å². The number of aliphatic imine (C=N–C) groups is 1. The van der Waals surface area contributed by atoms with Crippen LogP contribution in [0.4, 0.5) is 4.79 Å². The number of carbonyl (C=O) groups is 1. The standard InChI is InChI=1S/C28H33N3O3/c1-19-6-8-20(9-7-19)21-10-11-22-18-25(24(17-23(22)16-21)26-29-13-14-30-26)33-15-5-12-31-27(32)34-28(2,3)4/h6-11,16-18H,5,12-15H2,1-4H3,(H,29,30)(H,31,32). The molecule has 0 atom stereocenters. The molecule has 0 fully saturated rings. The number of hydrogen-bond donors (Lipinski definition) is 2. The average Bonchev–Trinajstić information content (AvgIpc) is 3.32. The molecule has 0 radical (unpaired) electrons. The lowest BCUT2D eigenvalue weighted by atomic mass is 9.98. The number of nitrogens with zero attached hydrogens (tertiary/aromatic N) is 1. The van der Waals surface area contributed by atoms with Crippen LogP contribution in [0.3, 0.4) is 0 Å². The van der Waals surface area contributed by atoms with E-state index in [0.717, 1.165) is 41.0 Å². The number of nitrogens with one attached hydrogen (secondary N) is 2. The van der Waals surface area contributed by atoms with Gasteiger partial charge in [0.2, 0.25) is 0 Å². The molecule has 4 rings (SSSR count). The first-order valence-corrected chi connectivity index (χ1v) is 11.8. The van der Waals surface area contributed by atoms with Crippen LogP contribution < -0.4 is 15.4 Å². The lowest BCUT2D eigenvalue weighted by Crippen LogP contribution is -2.33. The Bertz CT molecular complexity index is 1190. The van der Waals surface area contributed by atoms with E-state index in [4.69, 9.17) is 9.47 Å². The Morgan fingerprint density at radius 1 is 1.03 bits per heavy atom. The molecule has 6 nitrogen and oxygen atoms in total. The predicted molar refractivity (Wildman–Crippen MR) is 138 cm³/mol. The van der Waals surface area contributed by atoms with Crippen molar-refractivity contribution in [3.8, 4) is 16.9 Å². The fraction of sp³-hybridized carbons (Fsp3) is 0.357. The zero-order valence-corrected chi connectivity index (χ0v) is 20.4. The third kappa shape index (κ3) is 6.07. The van der Waals surface area contributed by atoms with Gasteiger partial charge in [0.05, 0.1) is 18.7 Å². The van der Waals surface area contributed by atoms with Gasteiger partial charge in [-0.05, 0) is 74.2 Å². The molecule has 1 aliphatic rings. The highest BCUT2D eigenvalue weighted by Crippen LogP contribution is 2.31. The molecule has 1 heterocycles. The number of amidine groups is 1. The fourth-order valence-corrected chi connectivity index (χ4v) is 3.84. The first-order valence-electron chi connectivity index (χ1n) is 11.8. The maximum atomic E-state index is 11.8. The summed E-state index contributed by atoms with van der Waals surface area (Å²) in [6.45, 7) is 10.2. The van der Waals surface area contributed by atoms with Crippen LogP contribution in [0.1, 0.15) is 38.3 Å². The minimum Gasteiger partial charge on any atom is -0.493 e. The molecule has 1 amide bonds. The predicted octanol–water partition coefficient (Wildman–Crippen LogP) is 5.46. The number of aryl methyl sites for hydroxylation is 1. The lowest BCUT2D eigenvalue weighted by Gasteiger charge is -2.19. The van der Waals surface area contributed by atoms with Crippen molar-refractivity contribution in [1.29, 1.82) is 0 Å². The van der Waals surface area contributed by atoms with Gasteiger partial charge in [-0.15, -0.1) is 0 Å². The molecule has 0 unspecified atom stereocenters. The van der Waals surface area contributed by atoms with Gasteiger partial charge in [0.1, 0.15) is 17.2 Å². The second-order valence-corrected chi connectivity index (χ2v) is 9.56. The van der Waals surface area contributed by atoms with Crippen LogP contribution in [0.15, 0.2) is 59.6 Å². The average molecular weight is 460 g/mol. The summed E-state index contributed by atoms with van der Waals surface area (Å²) in [4.78, 5) is 16.4. The Morgan fingerprint density at radius 3 is 2.50 bits per heavy atom. The summed E-state index contributed by atoms with van der Waals surface area (Å²) in [6.07, 6.45) is 0.260. The Morgan fingerprint density at radius 2 is 1.79 bits per heavy atom. The molecule has 2 N–H and O–H groups in total. The van der Waals surface area contributed by atoms with Crippen LogP contribution in [0.5, 0.6) is 5.75 Å². The van der Waals surface area contributed by atoms with E-state index in [1.807, 2.05) is 20.8 Å². The Hall–Kier alpha value is -3.54. The van der Waals surface area contributed by atoms with Crippen molar-refractivity contribution >= 4 is 22.7 Å². The second-order valence-electron chi connectivity index (χ2n) is 9.56. The molecule has 0 aromatic heterocycles. The monoisotopic (exact) mass is 459 g/mol. The number of benzene rings is 3. The van der Waals surface area contributed by atoms with Gasteiger partial charge in [0.15, 0.2) is 0 Å². The number of amides is 1. The normalized spacial score (nSPS) is 13.4. The summed E-state index contributed by atoms with van der Waals surface area (Å²) in [5, 5.41) is 8.39. The van der Waals surface area contributed by atoms with Gasteiger partial charge in [0, 0.05) is 13.1 Å². The number of carbonyl (C=O) groups excluding carboxylic acids is 1. The van der Waals surface area contributed by atoms with Crippen molar-refractivity contribution in [2.75, 3.05) is 26.2 Å². The zero-order valence-electron chi connectivity index (χ0n) is 20.4. The van der Waals surface area contributed by atoms with Gasteiger partial charge in [-0.2, -0.15) is 0 Å². The van der Waals surface area contributed by atoms with E-state index < -0.39 is 11.7 Å². The summed E-state index contributed by atoms with van der Waals surface area (Å²) >= 11 is 0. The quantitative estimate of drug-likeness (QED) is 0.460. The van der Waals surface area contributed by atoms with Gasteiger partial charge < -0.3 is 20.1 Å². The Labute approximate surface area is 201 Å². The van der Waals surface area contributed by atoms with E-state index in [1.54, 1.807) is 0 Å². The number of alkyl carbamates (subject to hydrolysis) is 1. The van der Waals surface area contributed by atoms with Crippen molar-refractivity contribution in [2.24, 2.45) is 4.99 Å². The van der Waals surface area contributed by atoms with Crippen LogP contribution in [0, 0.1) is 6.92 Å². The third-order valence-corrected chi connectivity index (χ3v) is 5.50. The molecule has 0 spiro atoms. The molecular weight excluding hydrogens is 426 g/mol. The Kier molecular flexibility index (Phi) is 7.06. The molecule has 34 heavy (non-hydrogen) atoms. The molecular formula is C28H33N3O3. The van der Waals surface area contributed by atoms with Crippen LogP contribution in [-0.4, -0.2) is 43.8 Å². The minimum absolute atomic E-state index is 0.409. The molecule has 6 heteroatoms. The number of fused-ring (bicyclic) bond motifs is 1. The van der Waals surface area contributed by atoms with Crippen molar-refractivity contribution in [1.82, 2.24) is 10.6 Å². The molecule has 0 aliphatic carbocycles. The lowest BCUT2D eigenvalue weighted by molar-refractivity contribution is 0.0525. The molecule has 178 valence electrons. The van der Waals surface area contributed by atoms with E-state index in [-0.39, 0.29) is 0 Å². The molecule has 1 aliphatic heterocycles. The molecule has 0 saturated carbocycles. The summed E-state index contributed by atoms with van der Waals surface area (Å²) in [5.41, 5.74) is 4.09. The van der Waals surface area contributed by atoms with Gasteiger partial charge in [0.25, 0.3) is 0 Å². The highest BCUT2D eigenvalue weighted by molar-refractivity contribution is 6.06. The molecule has 0 bridgehead atoms. The van der Waals surface area contributed by atoms with Crippen LogP contribution >= 0.6 is 0 Å². The summed E-state index contributed by atoms with van der Waals surface area (Å²) < 4.78 is 11.4. The smallest absolute Gasteiger partial charge is 0.407 e. The number of hydrogen-bond acceptors (Lipinski definition) is 5. The summed E-state index contributed by atoms with van der Waals surface area (Å²) in [7, 11) is 0. The first-order chi connectivity index (χ1) is 16.3. The molecule has 0 saturated heterocycles. The van der Waals surface area contributed by atoms with Crippen molar-refractivity contribution < 1.29 is 14.3 Å². The summed E-state index contributed by atoms with van der Waals surface area (Å²) in [6, 6.07) is 19.3. The van der Waals surface area contributed by atoms with Gasteiger partial charge >= 0.3 is 6.09 Å². The van der Waals surface area contributed by atoms with Gasteiger partial charge in [-0.25, -0.2) is 4.79 Å². The highest BCUT2D eigenvalue weighted by atomic mass is 16.6. The maximum absolute atomic E-state index is 11.8. The highest BCUT2D eigenvalue weighted by Gasteiger charge is 2.17. The van der Waals surface area contributed by atoms with Gasteiger partial charge in [-0.3, -0.25) is 4.99 Å². The first kappa shape index (κ1) is 23.6. The van der Waals surface area contributed by atoms with Crippen molar-refractivity contribution in [3.63, 3.8) is 0 Å². The van der Waals surface area contributed by atoms with Gasteiger partial charge in [-0.1, -0.05) is 42.0 Å². The van der Waals surface area contributed by atoms with E-state index in [0.29, 0.717) is 19.6 Å². The van der Waals surface area contributed by atoms with Crippen LogP contribution in [0.2, 0.25) is 0 Å². The maximum Gasteiger partial charge on any atom is 0.407 e. The SMILES string of the molecule is Cc1ccc(-c2ccc3cc(OCCCNC(=O)OC(C)(C)C)c(C4=NCCN4)cc3c2)cc1. The van der Waals surface area contributed by atoms with E-state index in [1.165, 1.54) is 16.7 Å². The fourth-order valence-electron chi connectivity index (χ4n) is 3.84. The number of rotatable bonds is 7. The molecule has 3 aromatic carbocycles. The zero-order chi connectivity index (χ0) is 24.1. The molecule has 3 aromatic rings. The van der Waals surface area contributed by atoms with Crippen molar-refractivity contribution in [3.05, 3.63) is 65.7 Å². The topological polar surface area (TPSA) is 72.0 Å². The largest absolute Gasteiger partial charge is 0.493 e. The third-order valence-electron chi connectivity index (χ3n) is 5.50. The van der Waals surface area contributed by atoms with Crippen LogP contribution in [-0.2, 0) is 4.74 Å².